The van der Waals surface area contributed by atoms with Crippen molar-refractivity contribution < 1.29 is 9.90 Å². The summed E-state index contributed by atoms with van der Waals surface area (Å²) in [7, 11) is 0. The van der Waals surface area contributed by atoms with Crippen LogP contribution in [0.4, 0.5) is 10.5 Å². The molecule has 1 aliphatic rings. The van der Waals surface area contributed by atoms with E-state index < -0.39 is 6.10 Å². The fourth-order valence-electron chi connectivity index (χ4n) is 1.63. The van der Waals surface area contributed by atoms with Gasteiger partial charge < -0.3 is 15.3 Å². The number of anilines is 1. The van der Waals surface area contributed by atoms with Crippen molar-refractivity contribution in [3.8, 4) is 0 Å². The van der Waals surface area contributed by atoms with E-state index in [9.17, 15) is 9.90 Å². The molecule has 17 heavy (non-hydrogen) atoms. The summed E-state index contributed by atoms with van der Waals surface area (Å²) in [5.41, 5.74) is 0.451. The smallest absolute Gasteiger partial charge is 0.322 e. The minimum absolute atomic E-state index is 0.275. The van der Waals surface area contributed by atoms with E-state index in [1.165, 1.54) is 6.20 Å². The molecule has 0 aromatic carbocycles. The van der Waals surface area contributed by atoms with Crippen molar-refractivity contribution in [3.63, 3.8) is 0 Å². The van der Waals surface area contributed by atoms with Gasteiger partial charge in [-0.2, -0.15) is 0 Å². The average Bonchev–Trinajstić information content (AvgIpc) is 2.72. The number of pyridine rings is 1. The first-order valence-electron chi connectivity index (χ1n) is 5.11. The first-order chi connectivity index (χ1) is 8.08. The van der Waals surface area contributed by atoms with Gasteiger partial charge in [-0.3, -0.25) is 4.98 Å². The fraction of sp³-hybridized carbons (Fsp3) is 0.400. The van der Waals surface area contributed by atoms with E-state index in [2.05, 4.69) is 26.2 Å². The van der Waals surface area contributed by atoms with Crippen LogP contribution in [-0.2, 0) is 0 Å². The molecule has 0 saturated carbocycles. The number of halogens is 2. The maximum absolute atomic E-state index is 11.8. The molecule has 1 aromatic heterocycles. The maximum atomic E-state index is 11.8. The number of aliphatic hydroxyl groups excluding tert-OH is 1. The molecule has 0 spiro atoms. The predicted molar refractivity (Wildman–Crippen MR) is 68.2 cm³/mol. The van der Waals surface area contributed by atoms with Crippen LogP contribution < -0.4 is 5.32 Å². The van der Waals surface area contributed by atoms with Crippen molar-refractivity contribution in [2.24, 2.45) is 0 Å². The van der Waals surface area contributed by atoms with Crippen LogP contribution in [0.15, 0.2) is 16.9 Å². The number of nitrogens with one attached hydrogen (secondary N) is 1. The zero-order valence-electron chi connectivity index (χ0n) is 8.86. The first-order valence-corrected chi connectivity index (χ1v) is 6.28. The number of nitrogens with zero attached hydrogens (tertiary/aromatic N) is 2. The normalized spacial score (nSPS) is 19.5. The van der Waals surface area contributed by atoms with E-state index in [1.54, 1.807) is 11.1 Å². The third-order valence-electron chi connectivity index (χ3n) is 2.53. The van der Waals surface area contributed by atoms with Gasteiger partial charge in [-0.15, -0.1) is 0 Å². The molecule has 2 heterocycles. The van der Waals surface area contributed by atoms with Crippen LogP contribution in [0.25, 0.3) is 0 Å². The Hall–Kier alpha value is -0.850. The van der Waals surface area contributed by atoms with E-state index in [4.69, 9.17) is 11.6 Å². The lowest BCUT2D eigenvalue weighted by molar-refractivity contribution is 0.176. The van der Waals surface area contributed by atoms with Crippen molar-refractivity contribution in [2.45, 2.75) is 12.5 Å². The molecule has 1 atom stereocenters. The van der Waals surface area contributed by atoms with Gasteiger partial charge in [-0.1, -0.05) is 11.6 Å². The number of carbonyl (C=O) groups excluding carboxylic acids is 1. The second-order valence-corrected chi connectivity index (χ2v) is 5.03. The summed E-state index contributed by atoms with van der Waals surface area (Å²) < 4.78 is 0.624. The van der Waals surface area contributed by atoms with Gasteiger partial charge in [-0.25, -0.2) is 4.79 Å². The number of β-amino-alcohol motifs (C(OH)–C–C–N with tert-alkyl or cyclic N) is 1. The molecule has 2 amide bonds. The fourth-order valence-corrected chi connectivity index (χ4v) is 2.10. The highest BCUT2D eigenvalue weighted by molar-refractivity contribution is 9.10. The Morgan fingerprint density at radius 3 is 3.06 bits per heavy atom. The lowest BCUT2D eigenvalue weighted by atomic mass is 10.3. The molecule has 7 heteroatoms. The number of amides is 2. The zero-order valence-corrected chi connectivity index (χ0v) is 11.2. The molecule has 1 fully saturated rings. The summed E-state index contributed by atoms with van der Waals surface area (Å²) in [6.07, 6.45) is 3.21. The third kappa shape index (κ3) is 2.88. The van der Waals surface area contributed by atoms with Gasteiger partial charge in [0.05, 0.1) is 27.5 Å². The summed E-state index contributed by atoms with van der Waals surface area (Å²) in [4.78, 5) is 17.3. The molecule has 1 aromatic rings. The van der Waals surface area contributed by atoms with Crippen LogP contribution in [0.3, 0.4) is 0 Å². The lowest BCUT2D eigenvalue weighted by Crippen LogP contribution is -2.33. The van der Waals surface area contributed by atoms with Crippen LogP contribution in [0.2, 0.25) is 5.02 Å². The Morgan fingerprint density at radius 1 is 1.65 bits per heavy atom. The second kappa shape index (κ2) is 5.20. The van der Waals surface area contributed by atoms with Crippen LogP contribution in [0.1, 0.15) is 6.42 Å². The summed E-state index contributed by atoms with van der Waals surface area (Å²) in [5.74, 6) is 0. The van der Waals surface area contributed by atoms with Crippen molar-refractivity contribution in [1.29, 1.82) is 0 Å². The van der Waals surface area contributed by atoms with Crippen molar-refractivity contribution >= 4 is 39.2 Å². The van der Waals surface area contributed by atoms with Gasteiger partial charge in [0.2, 0.25) is 0 Å². The number of hydrogen-bond acceptors (Lipinski definition) is 3. The second-order valence-electron chi connectivity index (χ2n) is 3.80. The maximum Gasteiger partial charge on any atom is 0.322 e. The van der Waals surface area contributed by atoms with E-state index in [0.29, 0.717) is 34.7 Å². The van der Waals surface area contributed by atoms with E-state index >= 15 is 0 Å². The van der Waals surface area contributed by atoms with Gasteiger partial charge in [0.1, 0.15) is 0 Å². The number of likely N-dealkylation sites (tertiary alicyclic amines) is 1. The van der Waals surface area contributed by atoms with Gasteiger partial charge in [0, 0.05) is 19.3 Å². The Labute approximate surface area is 112 Å². The van der Waals surface area contributed by atoms with Gasteiger partial charge in [-0.05, 0) is 22.4 Å². The number of aliphatic hydroxyl groups is 1. The predicted octanol–water partition coefficient (Wildman–Crippen LogP) is 2.10. The number of aromatic nitrogens is 1. The highest BCUT2D eigenvalue weighted by Gasteiger charge is 2.25. The summed E-state index contributed by atoms with van der Waals surface area (Å²) >= 11 is 9.23. The molecule has 2 N–H and O–H groups in total. The van der Waals surface area contributed by atoms with E-state index in [-0.39, 0.29) is 6.03 Å². The molecule has 1 unspecified atom stereocenters. The molecule has 5 nitrogen and oxygen atoms in total. The topological polar surface area (TPSA) is 65.5 Å². The Morgan fingerprint density at radius 2 is 2.41 bits per heavy atom. The Bertz CT molecular complexity index is 444. The minimum atomic E-state index is -0.433. The summed E-state index contributed by atoms with van der Waals surface area (Å²) in [6, 6.07) is -0.275. The van der Waals surface area contributed by atoms with Gasteiger partial charge >= 0.3 is 6.03 Å². The number of rotatable bonds is 1. The quantitative estimate of drug-likeness (QED) is 0.833. The molecule has 0 aliphatic carbocycles. The Kier molecular flexibility index (Phi) is 3.86. The molecule has 1 saturated heterocycles. The SMILES string of the molecule is O=C(Nc1cncc(Br)c1Cl)N1CCC(O)C1. The molecule has 92 valence electrons. The molecule has 0 radical (unpaired) electrons. The summed E-state index contributed by atoms with van der Waals surface area (Å²) in [6.45, 7) is 0.900. The highest BCUT2D eigenvalue weighted by atomic mass is 79.9. The van der Waals surface area contributed by atoms with Crippen molar-refractivity contribution in [2.75, 3.05) is 18.4 Å². The van der Waals surface area contributed by atoms with Gasteiger partial charge in [0.25, 0.3) is 0 Å². The van der Waals surface area contributed by atoms with Crippen LogP contribution in [-0.4, -0.2) is 40.2 Å². The monoisotopic (exact) mass is 319 g/mol. The Balaban J connectivity index is 2.06. The molecular formula is C10H11BrClN3O2. The van der Waals surface area contributed by atoms with E-state index in [0.717, 1.165) is 0 Å². The van der Waals surface area contributed by atoms with Crippen LogP contribution >= 0.6 is 27.5 Å². The average molecular weight is 321 g/mol. The molecule has 0 bridgehead atoms. The largest absolute Gasteiger partial charge is 0.391 e. The van der Waals surface area contributed by atoms with Crippen LogP contribution in [0.5, 0.6) is 0 Å². The third-order valence-corrected chi connectivity index (χ3v) is 3.77. The molecular weight excluding hydrogens is 309 g/mol. The number of carbonyl (C=O) groups is 1. The minimum Gasteiger partial charge on any atom is -0.391 e. The standard InChI is InChI=1S/C10H11BrClN3O2/c11-7-3-13-4-8(9(7)12)14-10(17)15-2-1-6(16)5-15/h3-4,6,16H,1-2,5H2,(H,14,17). The number of urea groups is 1. The van der Waals surface area contributed by atoms with Crippen molar-refractivity contribution in [3.05, 3.63) is 21.9 Å². The number of hydrogen-bond donors (Lipinski definition) is 2. The highest BCUT2D eigenvalue weighted by Crippen LogP contribution is 2.29. The van der Waals surface area contributed by atoms with Crippen molar-refractivity contribution in [1.82, 2.24) is 9.88 Å². The van der Waals surface area contributed by atoms with Gasteiger partial charge in [0.15, 0.2) is 0 Å². The van der Waals surface area contributed by atoms with Crippen LogP contribution in [0, 0.1) is 0 Å². The van der Waals surface area contributed by atoms with E-state index in [1.807, 2.05) is 0 Å². The lowest BCUT2D eigenvalue weighted by Gasteiger charge is -2.17. The molecule has 2 rings (SSSR count). The first kappa shape index (κ1) is 12.6. The zero-order chi connectivity index (χ0) is 12.4. The molecule has 1 aliphatic heterocycles. The summed E-state index contributed by atoms with van der Waals surface area (Å²) in [5, 5.41) is 12.4.